The van der Waals surface area contributed by atoms with Crippen molar-refractivity contribution in [3.63, 3.8) is 0 Å². The Morgan fingerprint density at radius 2 is 2.45 bits per heavy atom. The number of hydrogen-bond donors (Lipinski definition) is 1. The summed E-state index contributed by atoms with van der Waals surface area (Å²) in [5.74, 6) is 0.522. The average molecular weight is 218 g/mol. The van der Waals surface area contributed by atoms with E-state index in [4.69, 9.17) is 9.84 Å². The molecule has 0 bridgehead atoms. The van der Waals surface area contributed by atoms with Crippen molar-refractivity contribution in [1.29, 1.82) is 0 Å². The molecule has 4 heteroatoms. The van der Waals surface area contributed by atoms with Crippen molar-refractivity contribution in [1.82, 2.24) is 4.98 Å². The second kappa shape index (κ2) is 4.31. The molecule has 0 saturated heterocycles. The molecule has 0 saturated carbocycles. The second-order valence-corrected chi connectivity index (χ2v) is 2.80. The molecule has 1 aromatic heterocycles. The molecule has 0 amide bonds. The molecule has 60 valence electrons. The molecule has 11 heavy (non-hydrogen) atoms. The highest BCUT2D eigenvalue weighted by molar-refractivity contribution is 9.10. The van der Waals surface area contributed by atoms with E-state index in [9.17, 15) is 0 Å². The van der Waals surface area contributed by atoms with Gasteiger partial charge in [0.05, 0.1) is 6.61 Å². The molecule has 0 atom stereocenters. The van der Waals surface area contributed by atoms with E-state index in [0.29, 0.717) is 5.88 Å². The first-order chi connectivity index (χ1) is 5.33. The van der Waals surface area contributed by atoms with Gasteiger partial charge in [-0.25, -0.2) is 4.98 Å². The maximum atomic E-state index is 8.43. The minimum atomic E-state index is 0.00813. The topological polar surface area (TPSA) is 42.4 Å². The van der Waals surface area contributed by atoms with Gasteiger partial charge in [0.15, 0.2) is 0 Å². The number of halogens is 1. The highest BCUT2D eigenvalue weighted by atomic mass is 79.9. The van der Waals surface area contributed by atoms with Gasteiger partial charge in [0.25, 0.3) is 0 Å². The molecule has 0 aliphatic carbocycles. The molecule has 0 fully saturated rings. The Labute approximate surface area is 73.2 Å². The summed E-state index contributed by atoms with van der Waals surface area (Å²) >= 11 is 3.27. The van der Waals surface area contributed by atoms with E-state index >= 15 is 0 Å². The first-order valence-electron chi connectivity index (χ1n) is 3.18. The van der Waals surface area contributed by atoms with Crippen LogP contribution in [0.2, 0.25) is 0 Å². The van der Waals surface area contributed by atoms with Crippen molar-refractivity contribution >= 4 is 15.9 Å². The van der Waals surface area contributed by atoms with Crippen LogP contribution in [0.15, 0.2) is 22.8 Å². The van der Waals surface area contributed by atoms with Gasteiger partial charge in [-0.1, -0.05) is 15.9 Å². The number of ether oxygens (including phenoxy) is 1. The van der Waals surface area contributed by atoms with Crippen LogP contribution in [0.4, 0.5) is 0 Å². The van der Waals surface area contributed by atoms with Gasteiger partial charge in [0.1, 0.15) is 6.61 Å². The number of nitrogens with zero attached hydrogens (tertiary/aromatic N) is 1. The van der Waals surface area contributed by atoms with Crippen LogP contribution < -0.4 is 4.74 Å². The zero-order valence-corrected chi connectivity index (χ0v) is 7.41. The first-order valence-corrected chi connectivity index (χ1v) is 3.97. The molecule has 0 aliphatic rings. The number of aliphatic hydroxyl groups is 1. The van der Waals surface area contributed by atoms with Crippen LogP contribution in [0.25, 0.3) is 0 Å². The largest absolute Gasteiger partial charge is 0.475 e. The lowest BCUT2D eigenvalue weighted by molar-refractivity contribution is 0.196. The smallest absolute Gasteiger partial charge is 0.214 e. The van der Waals surface area contributed by atoms with Gasteiger partial charge < -0.3 is 9.84 Å². The third kappa shape index (κ3) is 2.86. The monoisotopic (exact) mass is 217 g/mol. The summed E-state index contributed by atoms with van der Waals surface area (Å²) in [6.45, 7) is 0.289. The van der Waals surface area contributed by atoms with E-state index in [-0.39, 0.29) is 13.2 Å². The summed E-state index contributed by atoms with van der Waals surface area (Å²) < 4.78 is 5.96. The number of rotatable bonds is 3. The van der Waals surface area contributed by atoms with Crippen LogP contribution in [0, 0.1) is 0 Å². The summed E-state index contributed by atoms with van der Waals surface area (Å²) in [5, 5.41) is 8.43. The minimum absolute atomic E-state index is 0.00813. The fourth-order valence-electron chi connectivity index (χ4n) is 0.614. The van der Waals surface area contributed by atoms with E-state index in [0.717, 1.165) is 4.47 Å². The predicted molar refractivity (Wildman–Crippen MR) is 44.5 cm³/mol. The lowest BCUT2D eigenvalue weighted by Gasteiger charge is -2.01. The average Bonchev–Trinajstić information content (AvgIpc) is 2.01. The number of pyridine rings is 1. The van der Waals surface area contributed by atoms with E-state index < -0.39 is 0 Å². The maximum Gasteiger partial charge on any atom is 0.214 e. The molecular weight excluding hydrogens is 210 g/mol. The fraction of sp³-hybridized carbons (Fsp3) is 0.286. The molecule has 1 N–H and O–H groups in total. The van der Waals surface area contributed by atoms with Crippen molar-refractivity contribution in [2.45, 2.75) is 0 Å². The molecule has 0 unspecified atom stereocenters. The lowest BCUT2D eigenvalue weighted by Crippen LogP contribution is -2.02. The molecule has 1 rings (SSSR count). The number of aromatic nitrogens is 1. The molecular formula is C7H8BrNO2. The molecule has 0 spiro atoms. The highest BCUT2D eigenvalue weighted by Crippen LogP contribution is 2.13. The van der Waals surface area contributed by atoms with Gasteiger partial charge in [-0.05, 0) is 6.07 Å². The van der Waals surface area contributed by atoms with Gasteiger partial charge in [-0.3, -0.25) is 0 Å². The Hall–Kier alpha value is -0.610. The molecule has 1 aromatic rings. The Kier molecular flexibility index (Phi) is 3.32. The lowest BCUT2D eigenvalue weighted by atomic mass is 10.5. The summed E-state index contributed by atoms with van der Waals surface area (Å²) in [6.07, 6.45) is 1.64. The van der Waals surface area contributed by atoms with Gasteiger partial charge in [-0.2, -0.15) is 0 Å². The van der Waals surface area contributed by atoms with E-state index in [1.807, 2.05) is 6.07 Å². The summed E-state index contributed by atoms with van der Waals surface area (Å²) in [4.78, 5) is 3.91. The van der Waals surface area contributed by atoms with Gasteiger partial charge in [-0.15, -0.1) is 0 Å². The second-order valence-electron chi connectivity index (χ2n) is 1.88. The number of aliphatic hydroxyl groups excluding tert-OH is 1. The van der Waals surface area contributed by atoms with Crippen molar-refractivity contribution < 1.29 is 9.84 Å². The summed E-state index contributed by atoms with van der Waals surface area (Å²) in [6, 6.07) is 3.56. The van der Waals surface area contributed by atoms with Crippen molar-refractivity contribution in [3.05, 3.63) is 22.8 Å². The predicted octanol–water partition coefficient (Wildman–Crippen LogP) is 1.22. The van der Waals surface area contributed by atoms with Gasteiger partial charge in [0.2, 0.25) is 5.88 Å². The SMILES string of the molecule is OCCOc1cc(Br)ccn1. The number of hydrogen-bond acceptors (Lipinski definition) is 3. The molecule has 3 nitrogen and oxygen atoms in total. The first kappa shape index (κ1) is 8.49. The van der Waals surface area contributed by atoms with Crippen LogP contribution in [0.3, 0.4) is 0 Å². The van der Waals surface area contributed by atoms with Crippen molar-refractivity contribution in [3.8, 4) is 5.88 Å². The zero-order chi connectivity index (χ0) is 8.10. The van der Waals surface area contributed by atoms with Crippen LogP contribution in [0.1, 0.15) is 0 Å². The Morgan fingerprint density at radius 3 is 3.09 bits per heavy atom. The highest BCUT2D eigenvalue weighted by Gasteiger charge is 1.93. The van der Waals surface area contributed by atoms with E-state index in [1.165, 1.54) is 0 Å². The quantitative estimate of drug-likeness (QED) is 0.829. The van der Waals surface area contributed by atoms with E-state index in [2.05, 4.69) is 20.9 Å². The molecule has 0 aromatic carbocycles. The van der Waals surface area contributed by atoms with Crippen LogP contribution in [0.5, 0.6) is 5.88 Å². The molecule has 1 heterocycles. The van der Waals surface area contributed by atoms with Crippen LogP contribution in [-0.2, 0) is 0 Å². The minimum Gasteiger partial charge on any atom is -0.475 e. The molecule has 0 aliphatic heterocycles. The third-order valence-electron chi connectivity index (χ3n) is 1.04. The fourth-order valence-corrected chi connectivity index (χ4v) is 0.928. The van der Waals surface area contributed by atoms with E-state index in [1.54, 1.807) is 12.3 Å². The summed E-state index contributed by atoms with van der Waals surface area (Å²) in [5.41, 5.74) is 0. The molecule has 0 radical (unpaired) electrons. The maximum absolute atomic E-state index is 8.43. The Morgan fingerprint density at radius 1 is 1.64 bits per heavy atom. The third-order valence-corrected chi connectivity index (χ3v) is 1.53. The zero-order valence-electron chi connectivity index (χ0n) is 5.83. The van der Waals surface area contributed by atoms with Gasteiger partial charge in [0, 0.05) is 16.7 Å². The van der Waals surface area contributed by atoms with Crippen molar-refractivity contribution in [2.75, 3.05) is 13.2 Å². The standard InChI is InChI=1S/C7H8BrNO2/c8-6-1-2-9-7(5-6)11-4-3-10/h1-2,5,10H,3-4H2. The Balaban J connectivity index is 2.56. The van der Waals surface area contributed by atoms with Crippen LogP contribution in [-0.4, -0.2) is 23.3 Å². The van der Waals surface area contributed by atoms with Crippen LogP contribution >= 0.6 is 15.9 Å². The summed E-state index contributed by atoms with van der Waals surface area (Å²) in [7, 11) is 0. The normalized spacial score (nSPS) is 9.64. The Bertz CT molecular complexity index is 229. The van der Waals surface area contributed by atoms with Crippen molar-refractivity contribution in [2.24, 2.45) is 0 Å². The van der Waals surface area contributed by atoms with Gasteiger partial charge >= 0.3 is 0 Å².